The smallest absolute Gasteiger partial charge is 0.295 e. The van der Waals surface area contributed by atoms with E-state index in [-0.39, 0.29) is 5.82 Å². The number of halogens is 2. The normalized spacial score (nSPS) is 10.9. The monoisotopic (exact) mass is 450 g/mol. The highest BCUT2D eigenvalue weighted by molar-refractivity contribution is 6.42. The molecular formula is C24H20Cl2N4O. The molecule has 1 heterocycles. The van der Waals surface area contributed by atoms with Crippen LogP contribution in [0.2, 0.25) is 10.0 Å². The molecule has 4 aromatic rings. The molecule has 0 radical (unpaired) electrons. The summed E-state index contributed by atoms with van der Waals surface area (Å²) in [4.78, 5) is 17.5. The maximum absolute atomic E-state index is 12.9. The Bertz CT molecular complexity index is 1300. The van der Waals surface area contributed by atoms with Crippen LogP contribution < -0.4 is 5.32 Å². The highest BCUT2D eigenvalue weighted by Crippen LogP contribution is 2.26. The summed E-state index contributed by atoms with van der Waals surface area (Å²) in [5.74, 6) is 0.210. The maximum atomic E-state index is 12.9. The molecule has 1 amide bonds. The summed E-state index contributed by atoms with van der Waals surface area (Å²) in [7, 11) is 0. The van der Waals surface area contributed by atoms with Gasteiger partial charge < -0.3 is 5.32 Å². The van der Waals surface area contributed by atoms with Crippen LogP contribution in [0.15, 0.2) is 60.7 Å². The van der Waals surface area contributed by atoms with Gasteiger partial charge in [-0.3, -0.25) is 4.79 Å². The van der Waals surface area contributed by atoms with Crippen LogP contribution in [0.5, 0.6) is 0 Å². The molecule has 0 bridgehead atoms. The first-order chi connectivity index (χ1) is 14.8. The van der Waals surface area contributed by atoms with Gasteiger partial charge in [-0.05, 0) is 68.3 Å². The van der Waals surface area contributed by atoms with E-state index in [0.717, 1.165) is 22.4 Å². The van der Waals surface area contributed by atoms with Crippen LogP contribution >= 0.6 is 23.2 Å². The van der Waals surface area contributed by atoms with Crippen molar-refractivity contribution in [2.24, 2.45) is 0 Å². The van der Waals surface area contributed by atoms with E-state index in [9.17, 15) is 4.79 Å². The molecule has 3 aromatic carbocycles. The molecule has 0 saturated carbocycles. The van der Waals surface area contributed by atoms with Crippen molar-refractivity contribution in [2.75, 3.05) is 5.32 Å². The second kappa shape index (κ2) is 8.53. The van der Waals surface area contributed by atoms with E-state index in [1.54, 1.807) is 22.9 Å². The number of rotatable bonds is 4. The lowest BCUT2D eigenvalue weighted by Gasteiger charge is -2.09. The van der Waals surface area contributed by atoms with Crippen molar-refractivity contribution in [3.63, 3.8) is 0 Å². The fourth-order valence-corrected chi connectivity index (χ4v) is 3.48. The lowest BCUT2D eigenvalue weighted by atomic mass is 10.1. The topological polar surface area (TPSA) is 59.8 Å². The van der Waals surface area contributed by atoms with E-state index in [2.05, 4.69) is 22.3 Å². The Labute approximate surface area is 190 Å². The van der Waals surface area contributed by atoms with Gasteiger partial charge >= 0.3 is 0 Å². The standard InChI is InChI=1S/C24H20Cl2N4O/c1-14-5-4-6-17(11-14)23-28-22(24(31)27-18-8-10-20(25)21(26)13-18)29-30(23)19-9-7-15(2)16(3)12-19/h4-13H,1-3H3,(H,27,31). The number of hydrogen-bond donors (Lipinski definition) is 1. The van der Waals surface area contributed by atoms with Crippen molar-refractivity contribution >= 4 is 34.8 Å². The summed E-state index contributed by atoms with van der Waals surface area (Å²) in [6.45, 7) is 6.11. The summed E-state index contributed by atoms with van der Waals surface area (Å²) in [5, 5.41) is 8.08. The van der Waals surface area contributed by atoms with Gasteiger partial charge in [0.2, 0.25) is 5.82 Å². The number of nitrogens with zero attached hydrogens (tertiary/aromatic N) is 3. The molecule has 0 atom stereocenters. The van der Waals surface area contributed by atoms with Crippen LogP contribution in [0.25, 0.3) is 17.1 Å². The number of nitrogens with one attached hydrogen (secondary N) is 1. The number of amides is 1. The predicted molar refractivity (Wildman–Crippen MR) is 125 cm³/mol. The summed E-state index contributed by atoms with van der Waals surface area (Å²) in [6, 6.07) is 18.9. The first-order valence-corrected chi connectivity index (χ1v) is 10.5. The maximum Gasteiger partial charge on any atom is 0.295 e. The van der Waals surface area contributed by atoms with Crippen molar-refractivity contribution in [3.05, 3.63) is 93.2 Å². The van der Waals surface area contributed by atoms with Crippen molar-refractivity contribution in [3.8, 4) is 17.1 Å². The molecule has 1 N–H and O–H groups in total. The number of benzene rings is 3. The van der Waals surface area contributed by atoms with E-state index >= 15 is 0 Å². The zero-order chi connectivity index (χ0) is 22.1. The third-order valence-corrected chi connectivity index (χ3v) is 5.74. The second-order valence-electron chi connectivity index (χ2n) is 7.39. The molecule has 0 unspecified atom stereocenters. The molecule has 1 aromatic heterocycles. The quantitative estimate of drug-likeness (QED) is 0.390. The van der Waals surface area contributed by atoms with E-state index < -0.39 is 5.91 Å². The molecule has 0 spiro atoms. The Morgan fingerprint density at radius 1 is 0.903 bits per heavy atom. The van der Waals surface area contributed by atoms with Crippen LogP contribution in [0, 0.1) is 20.8 Å². The molecule has 7 heteroatoms. The average molecular weight is 451 g/mol. The van der Waals surface area contributed by atoms with Crippen molar-refractivity contribution in [2.45, 2.75) is 20.8 Å². The zero-order valence-corrected chi connectivity index (χ0v) is 18.8. The summed E-state index contributed by atoms with van der Waals surface area (Å²) < 4.78 is 1.70. The van der Waals surface area contributed by atoms with Crippen molar-refractivity contribution < 1.29 is 4.79 Å². The molecule has 5 nitrogen and oxygen atoms in total. The van der Waals surface area contributed by atoms with Gasteiger partial charge in [0.05, 0.1) is 15.7 Å². The Morgan fingerprint density at radius 3 is 2.42 bits per heavy atom. The largest absolute Gasteiger partial charge is 0.319 e. The number of carbonyl (C=O) groups excluding carboxylic acids is 1. The Balaban J connectivity index is 1.77. The van der Waals surface area contributed by atoms with Crippen LogP contribution in [0.4, 0.5) is 5.69 Å². The number of aryl methyl sites for hydroxylation is 3. The fraction of sp³-hybridized carbons (Fsp3) is 0.125. The van der Waals surface area contributed by atoms with Crippen molar-refractivity contribution in [1.29, 1.82) is 0 Å². The lowest BCUT2D eigenvalue weighted by molar-refractivity contribution is 0.101. The molecule has 4 rings (SSSR count). The minimum absolute atomic E-state index is 0.0563. The molecule has 0 saturated heterocycles. The SMILES string of the molecule is Cc1cccc(-c2nc(C(=O)Nc3ccc(Cl)c(Cl)c3)nn2-c2ccc(C)c(C)c2)c1. The first-order valence-electron chi connectivity index (χ1n) is 9.70. The van der Waals surface area contributed by atoms with Gasteiger partial charge in [0, 0.05) is 11.3 Å². The number of hydrogen-bond acceptors (Lipinski definition) is 3. The first kappa shape index (κ1) is 21.1. The van der Waals surface area contributed by atoms with Crippen LogP contribution in [-0.2, 0) is 0 Å². The third kappa shape index (κ3) is 4.48. The van der Waals surface area contributed by atoms with Gasteiger partial charge in [0.25, 0.3) is 5.91 Å². The molecule has 156 valence electrons. The molecular weight excluding hydrogens is 431 g/mol. The molecule has 0 aliphatic carbocycles. The molecule has 0 aliphatic heterocycles. The van der Waals surface area contributed by atoms with Gasteiger partial charge in [-0.25, -0.2) is 9.67 Å². The number of carbonyl (C=O) groups is 1. The molecule has 31 heavy (non-hydrogen) atoms. The average Bonchev–Trinajstić information content (AvgIpc) is 3.18. The third-order valence-electron chi connectivity index (χ3n) is 5.00. The lowest BCUT2D eigenvalue weighted by Crippen LogP contribution is -2.14. The van der Waals surface area contributed by atoms with E-state index in [1.165, 1.54) is 5.56 Å². The predicted octanol–water partition coefficient (Wildman–Crippen LogP) is 6.42. The van der Waals surface area contributed by atoms with Gasteiger partial charge in [0.15, 0.2) is 5.82 Å². The Hall–Kier alpha value is -3.15. The molecule has 0 fully saturated rings. The van der Waals surface area contributed by atoms with Gasteiger partial charge in [-0.1, -0.05) is 53.0 Å². The minimum Gasteiger partial charge on any atom is -0.319 e. The summed E-state index contributed by atoms with van der Waals surface area (Å²) >= 11 is 12.0. The molecule has 0 aliphatic rings. The number of anilines is 1. The highest BCUT2D eigenvalue weighted by Gasteiger charge is 2.19. The van der Waals surface area contributed by atoms with Crippen molar-refractivity contribution in [1.82, 2.24) is 14.8 Å². The zero-order valence-electron chi connectivity index (χ0n) is 17.3. The summed E-state index contributed by atoms with van der Waals surface area (Å²) in [5.41, 5.74) is 5.62. The number of aromatic nitrogens is 3. The summed E-state index contributed by atoms with van der Waals surface area (Å²) in [6.07, 6.45) is 0. The van der Waals surface area contributed by atoms with Crippen LogP contribution in [0.3, 0.4) is 0 Å². The second-order valence-corrected chi connectivity index (χ2v) is 8.21. The van der Waals surface area contributed by atoms with Crippen LogP contribution in [0.1, 0.15) is 27.3 Å². The minimum atomic E-state index is -0.435. The van der Waals surface area contributed by atoms with Gasteiger partial charge in [0.1, 0.15) is 0 Å². The van der Waals surface area contributed by atoms with E-state index in [4.69, 9.17) is 23.2 Å². The van der Waals surface area contributed by atoms with Crippen LogP contribution in [-0.4, -0.2) is 20.7 Å². The van der Waals surface area contributed by atoms with Gasteiger partial charge in [-0.2, -0.15) is 0 Å². The Kier molecular flexibility index (Phi) is 5.81. The van der Waals surface area contributed by atoms with E-state index in [0.29, 0.717) is 21.6 Å². The van der Waals surface area contributed by atoms with Gasteiger partial charge in [-0.15, -0.1) is 5.10 Å². The fourth-order valence-electron chi connectivity index (χ4n) is 3.18. The van der Waals surface area contributed by atoms with E-state index in [1.807, 2.05) is 56.3 Å². The Morgan fingerprint density at radius 2 is 1.71 bits per heavy atom. The highest BCUT2D eigenvalue weighted by atomic mass is 35.5.